The molecular weight excluding hydrogens is 603 g/mol. The van der Waals surface area contributed by atoms with Crippen LogP contribution in [0.5, 0.6) is 0 Å². The van der Waals surface area contributed by atoms with Crippen molar-refractivity contribution in [2.45, 2.75) is 25.6 Å². The van der Waals surface area contributed by atoms with Crippen LogP contribution < -0.4 is 5.32 Å². The van der Waals surface area contributed by atoms with E-state index < -0.39 is 10.0 Å². The van der Waals surface area contributed by atoms with Crippen LogP contribution in [0, 0.1) is 0 Å². The summed E-state index contributed by atoms with van der Waals surface area (Å²) in [6, 6.07) is 66.1. The van der Waals surface area contributed by atoms with Crippen molar-refractivity contribution < 1.29 is 0 Å². The molecule has 0 bridgehead atoms. The van der Waals surface area contributed by atoms with E-state index in [2.05, 4.69) is 192 Å². The average Bonchev–Trinajstić information content (AvgIpc) is 3.56. The van der Waals surface area contributed by atoms with Crippen molar-refractivity contribution in [3.05, 3.63) is 199 Å². The number of anilines is 1. The van der Waals surface area contributed by atoms with E-state index >= 15 is 0 Å². The molecule has 0 saturated carbocycles. The summed E-state index contributed by atoms with van der Waals surface area (Å²) in [6.07, 6.45) is 2.08. The zero-order valence-electron chi connectivity index (χ0n) is 26.3. The van der Waals surface area contributed by atoms with E-state index in [4.69, 9.17) is 4.98 Å². The highest BCUT2D eigenvalue weighted by molar-refractivity contribution is 8.34. The van der Waals surface area contributed by atoms with Gasteiger partial charge in [-0.05, 0) is 82.9 Å². The Morgan fingerprint density at radius 1 is 0.479 bits per heavy atom. The molecule has 3 heterocycles. The molecule has 48 heavy (non-hydrogen) atoms. The predicted molar refractivity (Wildman–Crippen MR) is 198 cm³/mol. The van der Waals surface area contributed by atoms with Gasteiger partial charge in [-0.25, -0.2) is 4.98 Å². The SMILES string of the molecule is c1ccc(S(c2ccccc2)(c2ccccc2)c2ccc(-c3ccc(C4Nc5c(nc6ccccn56)-c5ccccc54)cc3)cc2)cc1. The summed E-state index contributed by atoms with van der Waals surface area (Å²) < 4.78 is 2.15. The summed E-state index contributed by atoms with van der Waals surface area (Å²) in [6.45, 7) is 0. The number of pyridine rings is 1. The molecule has 0 amide bonds. The first kappa shape index (κ1) is 28.4. The van der Waals surface area contributed by atoms with Gasteiger partial charge in [0.1, 0.15) is 17.2 Å². The number of benzene rings is 6. The highest BCUT2D eigenvalue weighted by atomic mass is 32.3. The lowest BCUT2D eigenvalue weighted by atomic mass is 9.89. The van der Waals surface area contributed by atoms with Crippen LogP contribution in [0.25, 0.3) is 28.0 Å². The Morgan fingerprint density at radius 3 is 1.58 bits per heavy atom. The maximum Gasteiger partial charge on any atom is 0.139 e. The van der Waals surface area contributed by atoms with Crippen LogP contribution in [-0.2, 0) is 0 Å². The van der Waals surface area contributed by atoms with Crippen LogP contribution in [0.3, 0.4) is 0 Å². The first-order chi connectivity index (χ1) is 23.8. The fourth-order valence-electron chi connectivity index (χ4n) is 7.17. The van der Waals surface area contributed by atoms with Gasteiger partial charge in [-0.1, -0.05) is 121 Å². The van der Waals surface area contributed by atoms with Crippen LogP contribution in [0.1, 0.15) is 17.2 Å². The smallest absolute Gasteiger partial charge is 0.139 e. The molecular formula is C44H33N3S. The molecule has 0 aliphatic carbocycles. The van der Waals surface area contributed by atoms with Crippen molar-refractivity contribution in [1.82, 2.24) is 9.38 Å². The number of nitrogens with one attached hydrogen (secondary N) is 1. The fourth-order valence-corrected chi connectivity index (χ4v) is 11.0. The van der Waals surface area contributed by atoms with E-state index in [0.717, 1.165) is 17.2 Å². The van der Waals surface area contributed by atoms with E-state index in [0.29, 0.717) is 0 Å². The summed E-state index contributed by atoms with van der Waals surface area (Å²) in [5.41, 5.74) is 8.00. The minimum atomic E-state index is -1.71. The summed E-state index contributed by atoms with van der Waals surface area (Å²) in [5, 5.41) is 3.83. The van der Waals surface area contributed by atoms with Crippen LogP contribution in [0.4, 0.5) is 5.82 Å². The van der Waals surface area contributed by atoms with Crippen LogP contribution in [0.2, 0.25) is 0 Å². The summed E-state index contributed by atoms with van der Waals surface area (Å²) in [4.78, 5) is 10.3. The molecule has 3 nitrogen and oxygen atoms in total. The second kappa shape index (κ2) is 11.8. The fraction of sp³-hybridized carbons (Fsp3) is 0.0227. The number of hydrogen-bond donors (Lipinski definition) is 1. The minimum absolute atomic E-state index is 0.0251. The van der Waals surface area contributed by atoms with Gasteiger partial charge >= 0.3 is 0 Å². The molecule has 2 aromatic heterocycles. The zero-order valence-corrected chi connectivity index (χ0v) is 27.1. The maximum atomic E-state index is 4.96. The quantitative estimate of drug-likeness (QED) is 0.197. The second-order valence-electron chi connectivity index (χ2n) is 12.1. The Labute approximate surface area is 282 Å². The maximum absolute atomic E-state index is 4.96. The molecule has 6 aromatic carbocycles. The molecule has 230 valence electrons. The van der Waals surface area contributed by atoms with Gasteiger partial charge in [-0.3, -0.25) is 4.40 Å². The van der Waals surface area contributed by atoms with Crippen molar-refractivity contribution in [3.8, 4) is 22.4 Å². The molecule has 1 unspecified atom stereocenters. The van der Waals surface area contributed by atoms with Crippen molar-refractivity contribution >= 4 is 21.5 Å². The van der Waals surface area contributed by atoms with Crippen molar-refractivity contribution in [1.29, 1.82) is 0 Å². The Bertz CT molecular complexity index is 2250. The minimum Gasteiger partial charge on any atom is -0.358 e. The molecule has 0 fully saturated rings. The lowest BCUT2D eigenvalue weighted by Gasteiger charge is -2.42. The van der Waals surface area contributed by atoms with Gasteiger partial charge in [0.25, 0.3) is 0 Å². The molecule has 1 atom stereocenters. The third-order valence-corrected chi connectivity index (χ3v) is 13.3. The first-order valence-corrected chi connectivity index (χ1v) is 18.0. The van der Waals surface area contributed by atoms with Crippen LogP contribution >= 0.6 is 10.0 Å². The van der Waals surface area contributed by atoms with Crippen molar-refractivity contribution in [2.24, 2.45) is 0 Å². The largest absolute Gasteiger partial charge is 0.358 e. The van der Waals surface area contributed by atoms with E-state index in [1.807, 2.05) is 6.07 Å². The lowest BCUT2D eigenvalue weighted by molar-refractivity contribution is 0.910. The third kappa shape index (κ3) is 4.56. The van der Waals surface area contributed by atoms with Crippen molar-refractivity contribution in [3.63, 3.8) is 0 Å². The molecule has 8 aromatic rings. The van der Waals surface area contributed by atoms with Gasteiger partial charge in [0.15, 0.2) is 0 Å². The highest BCUT2D eigenvalue weighted by Gasteiger charge is 2.33. The molecule has 4 heteroatoms. The van der Waals surface area contributed by atoms with Gasteiger partial charge in [-0.15, -0.1) is 10.0 Å². The highest BCUT2D eigenvalue weighted by Crippen LogP contribution is 2.73. The second-order valence-corrected chi connectivity index (χ2v) is 15.2. The molecule has 9 rings (SSSR count). The standard InChI is InChI=1S/C44H33N3S/c1-4-14-35(15-5-1)48(36-16-6-2-7-17-36,37-18-8-3-9-19-37)38-29-27-33(28-30-38)32-23-25-34(26-24-32)42-39-20-10-11-21-40(39)43-44(46-42)47-31-13-12-22-41(47)45-43/h1-31,42,46H. The molecule has 0 saturated heterocycles. The summed E-state index contributed by atoms with van der Waals surface area (Å²) in [7, 11) is -1.71. The Morgan fingerprint density at radius 2 is 0.979 bits per heavy atom. The Kier molecular flexibility index (Phi) is 6.95. The van der Waals surface area contributed by atoms with E-state index in [1.165, 1.54) is 47.4 Å². The number of fused-ring (bicyclic) bond motifs is 5. The molecule has 0 radical (unpaired) electrons. The van der Waals surface area contributed by atoms with E-state index in [-0.39, 0.29) is 6.04 Å². The topological polar surface area (TPSA) is 29.3 Å². The molecule has 1 aliphatic rings. The number of imidazole rings is 1. The molecule has 0 spiro atoms. The molecule has 1 aliphatic heterocycles. The summed E-state index contributed by atoms with van der Waals surface area (Å²) in [5.74, 6) is 1.04. The van der Waals surface area contributed by atoms with Gasteiger partial charge in [-0.2, -0.15) is 0 Å². The lowest BCUT2D eigenvalue weighted by Crippen LogP contribution is -2.18. The number of nitrogens with zero attached hydrogens (tertiary/aromatic N) is 2. The van der Waals surface area contributed by atoms with Gasteiger partial charge in [0, 0.05) is 31.3 Å². The van der Waals surface area contributed by atoms with Crippen LogP contribution in [-0.4, -0.2) is 9.38 Å². The monoisotopic (exact) mass is 635 g/mol. The average molecular weight is 636 g/mol. The predicted octanol–water partition coefficient (Wildman–Crippen LogP) is 11.5. The first-order valence-electron chi connectivity index (χ1n) is 16.3. The number of aromatic nitrogens is 2. The summed E-state index contributed by atoms with van der Waals surface area (Å²) >= 11 is 0. The van der Waals surface area contributed by atoms with Gasteiger partial charge < -0.3 is 5.32 Å². The van der Waals surface area contributed by atoms with E-state index in [1.54, 1.807) is 0 Å². The van der Waals surface area contributed by atoms with Crippen LogP contribution in [0.15, 0.2) is 208 Å². The number of hydrogen-bond acceptors (Lipinski definition) is 2. The van der Waals surface area contributed by atoms with Crippen molar-refractivity contribution in [2.75, 3.05) is 5.32 Å². The van der Waals surface area contributed by atoms with Gasteiger partial charge in [0.2, 0.25) is 0 Å². The number of rotatable bonds is 6. The third-order valence-electron chi connectivity index (χ3n) is 9.41. The Balaban J connectivity index is 1.10. The zero-order chi connectivity index (χ0) is 31.9. The van der Waals surface area contributed by atoms with E-state index in [9.17, 15) is 0 Å². The van der Waals surface area contributed by atoms with Gasteiger partial charge in [0.05, 0.1) is 6.04 Å². The molecule has 1 N–H and O–H groups in total. The Hall–Kier alpha value is -5.84. The normalized spacial score (nSPS) is 14.1.